The maximum absolute atomic E-state index is 10.9. The van der Waals surface area contributed by atoms with Gasteiger partial charge >= 0.3 is 5.97 Å². The van der Waals surface area contributed by atoms with Gasteiger partial charge in [0.15, 0.2) is 5.15 Å². The molecule has 0 atom stereocenters. The average Bonchev–Trinajstić information content (AvgIpc) is 2.04. The molecular formula is C6H5ClN2O2. The van der Waals surface area contributed by atoms with Crippen LogP contribution in [0.15, 0.2) is 12.3 Å². The number of aromatic nitrogens is 2. The van der Waals surface area contributed by atoms with Crippen LogP contribution in [0, 0.1) is 0 Å². The maximum atomic E-state index is 10.9. The van der Waals surface area contributed by atoms with Gasteiger partial charge < -0.3 is 4.74 Å². The molecule has 5 heteroatoms. The Morgan fingerprint density at radius 1 is 1.73 bits per heavy atom. The molecule has 1 aromatic rings. The van der Waals surface area contributed by atoms with E-state index in [-0.39, 0.29) is 10.7 Å². The molecule has 0 radical (unpaired) electrons. The van der Waals surface area contributed by atoms with Gasteiger partial charge in [0.05, 0.1) is 13.3 Å². The van der Waals surface area contributed by atoms with Gasteiger partial charge in [0.1, 0.15) is 5.56 Å². The summed E-state index contributed by atoms with van der Waals surface area (Å²) < 4.78 is 4.43. The Labute approximate surface area is 68.1 Å². The molecule has 0 amide bonds. The van der Waals surface area contributed by atoms with Crippen molar-refractivity contribution in [1.82, 2.24) is 10.2 Å². The van der Waals surface area contributed by atoms with E-state index in [1.807, 2.05) is 0 Å². The topological polar surface area (TPSA) is 52.1 Å². The Balaban J connectivity index is 3.03. The highest BCUT2D eigenvalue weighted by Gasteiger charge is 2.09. The van der Waals surface area contributed by atoms with Crippen LogP contribution in [-0.2, 0) is 4.74 Å². The van der Waals surface area contributed by atoms with E-state index in [2.05, 4.69) is 14.9 Å². The van der Waals surface area contributed by atoms with E-state index in [4.69, 9.17) is 11.6 Å². The normalized spacial score (nSPS) is 9.27. The molecule has 0 bridgehead atoms. The van der Waals surface area contributed by atoms with Crippen molar-refractivity contribution < 1.29 is 9.53 Å². The Hall–Kier alpha value is -1.16. The molecule has 0 fully saturated rings. The Morgan fingerprint density at radius 2 is 2.45 bits per heavy atom. The Bertz CT molecular complexity index is 277. The van der Waals surface area contributed by atoms with Gasteiger partial charge in [0, 0.05) is 0 Å². The van der Waals surface area contributed by atoms with E-state index in [0.717, 1.165) is 0 Å². The van der Waals surface area contributed by atoms with Crippen molar-refractivity contribution in [3.05, 3.63) is 23.0 Å². The maximum Gasteiger partial charge on any atom is 0.341 e. The number of methoxy groups -OCH3 is 1. The van der Waals surface area contributed by atoms with Crippen LogP contribution in [-0.4, -0.2) is 23.3 Å². The van der Waals surface area contributed by atoms with E-state index >= 15 is 0 Å². The van der Waals surface area contributed by atoms with E-state index < -0.39 is 5.97 Å². The minimum atomic E-state index is -0.509. The van der Waals surface area contributed by atoms with Crippen LogP contribution in [0.25, 0.3) is 0 Å². The second kappa shape index (κ2) is 3.30. The quantitative estimate of drug-likeness (QED) is 0.591. The number of carbonyl (C=O) groups is 1. The van der Waals surface area contributed by atoms with E-state index in [1.165, 1.54) is 19.4 Å². The number of carbonyl (C=O) groups excluding carboxylic acids is 1. The fraction of sp³-hybridized carbons (Fsp3) is 0.167. The molecular weight excluding hydrogens is 168 g/mol. The summed E-state index contributed by atoms with van der Waals surface area (Å²) in [4.78, 5) is 10.9. The van der Waals surface area contributed by atoms with Crippen molar-refractivity contribution in [3.8, 4) is 0 Å². The molecule has 4 nitrogen and oxygen atoms in total. The molecule has 58 valence electrons. The molecule has 11 heavy (non-hydrogen) atoms. The number of hydrogen-bond acceptors (Lipinski definition) is 4. The zero-order chi connectivity index (χ0) is 8.27. The fourth-order valence-electron chi connectivity index (χ4n) is 0.577. The van der Waals surface area contributed by atoms with Crippen LogP contribution in [0.1, 0.15) is 10.4 Å². The minimum Gasteiger partial charge on any atom is -0.465 e. The largest absolute Gasteiger partial charge is 0.465 e. The molecule has 0 unspecified atom stereocenters. The van der Waals surface area contributed by atoms with E-state index in [9.17, 15) is 4.79 Å². The Kier molecular flexibility index (Phi) is 2.38. The second-order valence-electron chi connectivity index (χ2n) is 1.73. The molecule has 0 aliphatic rings. The summed E-state index contributed by atoms with van der Waals surface area (Å²) in [5, 5.41) is 6.99. The lowest BCUT2D eigenvalue weighted by atomic mass is 10.3. The van der Waals surface area contributed by atoms with Gasteiger partial charge in [-0.1, -0.05) is 11.6 Å². The summed E-state index contributed by atoms with van der Waals surface area (Å²) in [6, 6.07) is 1.45. The highest BCUT2D eigenvalue weighted by molar-refractivity contribution is 6.32. The number of halogens is 1. The zero-order valence-electron chi connectivity index (χ0n) is 5.74. The van der Waals surface area contributed by atoms with Gasteiger partial charge in [0.2, 0.25) is 0 Å². The number of ether oxygens (including phenoxy) is 1. The fourth-order valence-corrected chi connectivity index (χ4v) is 0.761. The molecule has 0 saturated carbocycles. The van der Waals surface area contributed by atoms with E-state index in [0.29, 0.717) is 0 Å². The summed E-state index contributed by atoms with van der Waals surface area (Å²) >= 11 is 5.52. The predicted octanol–water partition coefficient (Wildman–Crippen LogP) is 0.917. The molecule has 1 aromatic heterocycles. The third kappa shape index (κ3) is 1.65. The third-order valence-electron chi connectivity index (χ3n) is 1.08. The van der Waals surface area contributed by atoms with Crippen molar-refractivity contribution in [2.75, 3.05) is 7.11 Å². The van der Waals surface area contributed by atoms with E-state index in [1.54, 1.807) is 0 Å². The monoisotopic (exact) mass is 172 g/mol. The van der Waals surface area contributed by atoms with Crippen LogP contribution in [0.5, 0.6) is 0 Å². The first-order valence-electron chi connectivity index (χ1n) is 2.81. The predicted molar refractivity (Wildman–Crippen MR) is 38.4 cm³/mol. The first kappa shape index (κ1) is 7.94. The van der Waals surface area contributed by atoms with Gasteiger partial charge in [-0.05, 0) is 6.07 Å². The SMILES string of the molecule is COC(=O)c1ccnnc1Cl. The molecule has 0 aromatic carbocycles. The van der Waals surface area contributed by atoms with Crippen LogP contribution in [0.3, 0.4) is 0 Å². The van der Waals surface area contributed by atoms with Crippen molar-refractivity contribution in [1.29, 1.82) is 0 Å². The Morgan fingerprint density at radius 3 is 3.00 bits per heavy atom. The second-order valence-corrected chi connectivity index (χ2v) is 2.09. The molecule has 0 N–H and O–H groups in total. The van der Waals surface area contributed by atoms with Crippen LogP contribution < -0.4 is 0 Å². The molecule has 0 aliphatic heterocycles. The van der Waals surface area contributed by atoms with Crippen molar-refractivity contribution in [2.24, 2.45) is 0 Å². The summed E-state index contributed by atoms with van der Waals surface area (Å²) in [5.74, 6) is -0.509. The lowest BCUT2D eigenvalue weighted by molar-refractivity contribution is 0.0600. The number of esters is 1. The van der Waals surface area contributed by atoms with Crippen LogP contribution in [0.2, 0.25) is 5.15 Å². The van der Waals surface area contributed by atoms with Gasteiger partial charge in [-0.15, -0.1) is 5.10 Å². The van der Waals surface area contributed by atoms with Crippen molar-refractivity contribution in [2.45, 2.75) is 0 Å². The standard InChI is InChI=1S/C6H5ClN2O2/c1-11-6(10)4-2-3-8-9-5(4)7/h2-3H,1H3. The van der Waals surface area contributed by atoms with Gasteiger partial charge in [-0.25, -0.2) is 4.79 Å². The summed E-state index contributed by atoms with van der Waals surface area (Å²) in [6.07, 6.45) is 1.37. The first-order valence-corrected chi connectivity index (χ1v) is 3.19. The lowest BCUT2D eigenvalue weighted by Gasteiger charge is -1.97. The molecule has 1 heterocycles. The smallest absolute Gasteiger partial charge is 0.341 e. The number of rotatable bonds is 1. The minimum absolute atomic E-state index is 0.0550. The van der Waals surface area contributed by atoms with Crippen LogP contribution >= 0.6 is 11.6 Å². The van der Waals surface area contributed by atoms with Gasteiger partial charge in [0.25, 0.3) is 0 Å². The lowest BCUT2D eigenvalue weighted by Crippen LogP contribution is -2.03. The third-order valence-corrected chi connectivity index (χ3v) is 1.36. The average molecular weight is 173 g/mol. The van der Waals surface area contributed by atoms with Crippen LogP contribution in [0.4, 0.5) is 0 Å². The number of nitrogens with zero attached hydrogens (tertiary/aromatic N) is 2. The number of hydrogen-bond donors (Lipinski definition) is 0. The van der Waals surface area contributed by atoms with Crippen molar-refractivity contribution in [3.63, 3.8) is 0 Å². The summed E-state index contributed by atoms with van der Waals surface area (Å²) in [5.41, 5.74) is 0.226. The first-order chi connectivity index (χ1) is 5.25. The van der Waals surface area contributed by atoms with Gasteiger partial charge in [-0.3, -0.25) is 0 Å². The zero-order valence-corrected chi connectivity index (χ0v) is 6.50. The molecule has 0 spiro atoms. The highest BCUT2D eigenvalue weighted by atomic mass is 35.5. The van der Waals surface area contributed by atoms with Crippen molar-refractivity contribution >= 4 is 17.6 Å². The molecule has 0 saturated heterocycles. The molecule has 1 rings (SSSR count). The summed E-state index contributed by atoms with van der Waals surface area (Å²) in [6.45, 7) is 0. The van der Waals surface area contributed by atoms with Gasteiger partial charge in [-0.2, -0.15) is 5.10 Å². The summed E-state index contributed by atoms with van der Waals surface area (Å²) in [7, 11) is 1.28. The highest BCUT2D eigenvalue weighted by Crippen LogP contribution is 2.10. The molecule has 0 aliphatic carbocycles.